The van der Waals surface area contributed by atoms with Crippen molar-refractivity contribution in [1.82, 2.24) is 0 Å². The zero-order chi connectivity index (χ0) is 13.9. The molecule has 0 aromatic heterocycles. The van der Waals surface area contributed by atoms with E-state index < -0.39 is 6.10 Å². The van der Waals surface area contributed by atoms with Gasteiger partial charge in [-0.05, 0) is 23.8 Å². The average molecular weight is 269 g/mol. The molecule has 1 N–H and O–H groups in total. The van der Waals surface area contributed by atoms with Gasteiger partial charge in [0, 0.05) is 18.2 Å². The number of hydrogen-bond acceptors (Lipinski definition) is 3. The van der Waals surface area contributed by atoms with E-state index in [0.717, 1.165) is 11.3 Å². The molecule has 0 unspecified atom stereocenters. The predicted molar refractivity (Wildman–Crippen MR) is 76.2 cm³/mol. The zero-order valence-corrected chi connectivity index (χ0v) is 11.1. The lowest BCUT2D eigenvalue weighted by Gasteiger charge is -2.12. The summed E-state index contributed by atoms with van der Waals surface area (Å²) in [5.41, 5.74) is 1.77. The number of para-hydroxylation sites is 1. The molecule has 1 amide bonds. The van der Waals surface area contributed by atoms with Gasteiger partial charge >= 0.3 is 0 Å². The quantitative estimate of drug-likeness (QED) is 0.931. The lowest BCUT2D eigenvalue weighted by Crippen LogP contribution is -2.31. The molecule has 3 rings (SSSR count). The molecule has 1 atom stereocenters. The number of hydrogen-bond donors (Lipinski definition) is 1. The first-order valence-corrected chi connectivity index (χ1v) is 6.46. The normalized spacial score (nSPS) is 16.1. The summed E-state index contributed by atoms with van der Waals surface area (Å²) in [6.45, 7) is 0. The summed E-state index contributed by atoms with van der Waals surface area (Å²) in [6.07, 6.45) is 0.130. The van der Waals surface area contributed by atoms with Crippen molar-refractivity contribution in [2.24, 2.45) is 0 Å². The summed E-state index contributed by atoms with van der Waals surface area (Å²) in [4.78, 5) is 12.2. The molecule has 0 radical (unpaired) electrons. The van der Waals surface area contributed by atoms with Crippen LogP contribution >= 0.6 is 0 Å². The summed E-state index contributed by atoms with van der Waals surface area (Å²) in [7, 11) is 1.59. The third-order valence-electron chi connectivity index (χ3n) is 3.28. The smallest absolute Gasteiger partial charge is 0.265 e. The highest BCUT2D eigenvalue weighted by atomic mass is 16.5. The molecular weight excluding hydrogens is 254 g/mol. The lowest BCUT2D eigenvalue weighted by atomic mass is 10.1. The van der Waals surface area contributed by atoms with Crippen LogP contribution in [0.4, 0.5) is 5.69 Å². The van der Waals surface area contributed by atoms with E-state index in [1.165, 1.54) is 0 Å². The van der Waals surface area contributed by atoms with Crippen LogP contribution in [0.3, 0.4) is 0 Å². The lowest BCUT2D eigenvalue weighted by molar-refractivity contribution is -0.122. The van der Waals surface area contributed by atoms with Crippen molar-refractivity contribution in [3.8, 4) is 11.5 Å². The van der Waals surface area contributed by atoms with Crippen molar-refractivity contribution < 1.29 is 14.3 Å². The molecule has 2 aromatic rings. The molecule has 2 aromatic carbocycles. The van der Waals surface area contributed by atoms with Gasteiger partial charge in [0.2, 0.25) is 0 Å². The molecule has 4 heteroatoms. The number of fused-ring (bicyclic) bond motifs is 1. The van der Waals surface area contributed by atoms with E-state index in [-0.39, 0.29) is 5.91 Å². The molecule has 0 saturated heterocycles. The van der Waals surface area contributed by atoms with Gasteiger partial charge in [-0.1, -0.05) is 24.3 Å². The molecule has 0 aliphatic carbocycles. The maximum absolute atomic E-state index is 12.2. The minimum atomic E-state index is -0.474. The Kier molecular flexibility index (Phi) is 3.29. The van der Waals surface area contributed by atoms with Crippen molar-refractivity contribution in [3.63, 3.8) is 0 Å². The predicted octanol–water partition coefficient (Wildman–Crippen LogP) is 2.64. The monoisotopic (exact) mass is 269 g/mol. The number of amides is 1. The van der Waals surface area contributed by atoms with Crippen molar-refractivity contribution in [2.45, 2.75) is 12.5 Å². The first-order chi connectivity index (χ1) is 9.76. The molecule has 1 aliphatic heterocycles. The highest BCUT2D eigenvalue weighted by Gasteiger charge is 2.28. The van der Waals surface area contributed by atoms with Crippen LogP contribution < -0.4 is 14.8 Å². The van der Waals surface area contributed by atoms with Crippen molar-refractivity contribution >= 4 is 11.6 Å². The van der Waals surface area contributed by atoms with Crippen molar-refractivity contribution in [2.75, 3.05) is 12.4 Å². The minimum Gasteiger partial charge on any atom is -0.497 e. The molecule has 20 heavy (non-hydrogen) atoms. The molecule has 0 fully saturated rings. The fourth-order valence-electron chi connectivity index (χ4n) is 2.25. The van der Waals surface area contributed by atoms with E-state index in [1.807, 2.05) is 42.5 Å². The van der Waals surface area contributed by atoms with E-state index in [0.29, 0.717) is 17.9 Å². The van der Waals surface area contributed by atoms with E-state index in [1.54, 1.807) is 13.2 Å². The van der Waals surface area contributed by atoms with Crippen LogP contribution in [-0.4, -0.2) is 19.1 Å². The third-order valence-corrected chi connectivity index (χ3v) is 3.28. The molecule has 1 aliphatic rings. The van der Waals surface area contributed by atoms with Crippen LogP contribution in [0.1, 0.15) is 5.56 Å². The maximum Gasteiger partial charge on any atom is 0.265 e. The number of carbonyl (C=O) groups is 1. The van der Waals surface area contributed by atoms with Crippen LogP contribution in [-0.2, 0) is 11.2 Å². The standard InChI is InChI=1S/C16H15NO3/c1-19-13-7-4-6-12(10-13)17-16(18)15-9-11-5-2-3-8-14(11)20-15/h2-8,10,15H,9H2,1H3,(H,17,18)/t15-/m1/s1. The molecule has 0 bridgehead atoms. The van der Waals surface area contributed by atoms with Crippen LogP contribution in [0.2, 0.25) is 0 Å². The molecule has 4 nitrogen and oxygen atoms in total. The molecule has 1 heterocycles. The van der Waals surface area contributed by atoms with Gasteiger partial charge in [-0.2, -0.15) is 0 Å². The highest BCUT2D eigenvalue weighted by molar-refractivity contribution is 5.95. The van der Waals surface area contributed by atoms with Gasteiger partial charge < -0.3 is 14.8 Å². The SMILES string of the molecule is COc1cccc(NC(=O)[C@H]2Cc3ccccc3O2)c1. The highest BCUT2D eigenvalue weighted by Crippen LogP contribution is 2.28. The van der Waals surface area contributed by atoms with Gasteiger partial charge in [0.05, 0.1) is 7.11 Å². The Labute approximate surface area is 117 Å². The number of benzene rings is 2. The van der Waals surface area contributed by atoms with Gasteiger partial charge in [-0.3, -0.25) is 4.79 Å². The van der Waals surface area contributed by atoms with Crippen molar-refractivity contribution in [1.29, 1.82) is 0 Å². The first-order valence-electron chi connectivity index (χ1n) is 6.46. The number of nitrogens with one attached hydrogen (secondary N) is 1. The fourth-order valence-corrected chi connectivity index (χ4v) is 2.25. The summed E-state index contributed by atoms with van der Waals surface area (Å²) in [5.74, 6) is 1.35. The number of ether oxygens (including phenoxy) is 2. The fraction of sp³-hybridized carbons (Fsp3) is 0.188. The summed E-state index contributed by atoms with van der Waals surface area (Å²) in [5, 5.41) is 2.85. The zero-order valence-electron chi connectivity index (χ0n) is 11.1. The minimum absolute atomic E-state index is 0.144. The van der Waals surface area contributed by atoms with Crippen LogP contribution in [0.5, 0.6) is 11.5 Å². The maximum atomic E-state index is 12.2. The number of carbonyl (C=O) groups excluding carboxylic acids is 1. The second kappa shape index (κ2) is 5.25. The first kappa shape index (κ1) is 12.5. The third kappa shape index (κ3) is 2.45. The average Bonchev–Trinajstić information content (AvgIpc) is 2.91. The van der Waals surface area contributed by atoms with E-state index in [4.69, 9.17) is 9.47 Å². The largest absolute Gasteiger partial charge is 0.497 e. The van der Waals surface area contributed by atoms with Gasteiger partial charge in [0.25, 0.3) is 5.91 Å². The second-order valence-electron chi connectivity index (χ2n) is 4.64. The van der Waals surface area contributed by atoms with Crippen LogP contribution in [0, 0.1) is 0 Å². The molecular formula is C16H15NO3. The molecule has 102 valence electrons. The Morgan fingerprint density at radius 2 is 2.10 bits per heavy atom. The Balaban J connectivity index is 1.69. The van der Waals surface area contributed by atoms with Gasteiger partial charge in [0.1, 0.15) is 11.5 Å². The van der Waals surface area contributed by atoms with Crippen LogP contribution in [0.15, 0.2) is 48.5 Å². The molecule has 0 spiro atoms. The number of rotatable bonds is 3. The Morgan fingerprint density at radius 3 is 2.90 bits per heavy atom. The van der Waals surface area contributed by atoms with Gasteiger partial charge in [-0.15, -0.1) is 0 Å². The summed E-state index contributed by atoms with van der Waals surface area (Å²) < 4.78 is 10.8. The Morgan fingerprint density at radius 1 is 1.25 bits per heavy atom. The second-order valence-corrected chi connectivity index (χ2v) is 4.64. The molecule has 0 saturated carbocycles. The van der Waals surface area contributed by atoms with Gasteiger partial charge in [0.15, 0.2) is 6.10 Å². The van der Waals surface area contributed by atoms with Crippen molar-refractivity contribution in [3.05, 3.63) is 54.1 Å². The van der Waals surface area contributed by atoms with Gasteiger partial charge in [-0.25, -0.2) is 0 Å². The van der Waals surface area contributed by atoms with E-state index >= 15 is 0 Å². The van der Waals surface area contributed by atoms with E-state index in [2.05, 4.69) is 5.32 Å². The van der Waals surface area contributed by atoms with Crippen LogP contribution in [0.25, 0.3) is 0 Å². The Bertz CT molecular complexity index is 614. The van der Waals surface area contributed by atoms with E-state index in [9.17, 15) is 4.79 Å². The number of methoxy groups -OCH3 is 1. The topological polar surface area (TPSA) is 47.6 Å². The number of anilines is 1. The Hall–Kier alpha value is -2.49. The summed E-state index contributed by atoms with van der Waals surface area (Å²) in [6, 6.07) is 15.0. The summed E-state index contributed by atoms with van der Waals surface area (Å²) >= 11 is 0.